The second kappa shape index (κ2) is 12.6. The lowest BCUT2D eigenvalue weighted by atomic mass is 10.1. The number of fused-ring (bicyclic) bond motifs is 6. The highest BCUT2D eigenvalue weighted by Crippen LogP contribution is 2.30. The van der Waals surface area contributed by atoms with Crippen LogP contribution in [0.1, 0.15) is 31.8 Å². The van der Waals surface area contributed by atoms with E-state index in [2.05, 4.69) is 20.4 Å². The van der Waals surface area contributed by atoms with Gasteiger partial charge in [-0.15, -0.1) is 28.8 Å². The number of carbonyl (C=O) groups is 2. The third kappa shape index (κ3) is 6.19. The minimum Gasteiger partial charge on any atom is -0.612 e. The van der Waals surface area contributed by atoms with Crippen molar-refractivity contribution >= 4 is 88.7 Å². The van der Waals surface area contributed by atoms with E-state index in [4.69, 9.17) is 0 Å². The molecule has 0 amide bonds. The van der Waals surface area contributed by atoms with Crippen LogP contribution < -0.4 is 0 Å². The third-order valence-corrected chi connectivity index (χ3v) is 10.5. The van der Waals surface area contributed by atoms with E-state index in [0.29, 0.717) is 43.6 Å². The molecule has 0 saturated heterocycles. The Balaban J connectivity index is 1.15. The molecular formula is C36H20N6O10S2-2. The second-order valence-corrected chi connectivity index (χ2v) is 14.7. The number of aromatic nitrogens is 6. The molecule has 0 spiro atoms. The summed E-state index contributed by atoms with van der Waals surface area (Å²) in [6, 6.07) is 23.1. The fourth-order valence-electron chi connectivity index (χ4n) is 6.09. The predicted octanol–water partition coefficient (Wildman–Crippen LogP) is 5.27. The van der Waals surface area contributed by atoms with Crippen LogP contribution in [-0.4, -0.2) is 70.4 Å². The number of hydrogen-bond donors (Lipinski definition) is 2. The Bertz CT molecular complexity index is 2830. The average Bonchev–Trinajstić information content (AvgIpc) is 3.78. The van der Waals surface area contributed by atoms with Crippen LogP contribution in [0.2, 0.25) is 0 Å². The molecule has 0 atom stereocenters. The first-order valence-corrected chi connectivity index (χ1v) is 18.4. The molecule has 2 aromatic heterocycles. The van der Waals surface area contributed by atoms with Crippen molar-refractivity contribution in [3.05, 3.63) is 119 Å². The largest absolute Gasteiger partial charge is 0.612 e. The van der Waals surface area contributed by atoms with Crippen molar-refractivity contribution in [3.8, 4) is 11.4 Å². The second-order valence-electron chi connectivity index (χ2n) is 12.0. The lowest BCUT2D eigenvalue weighted by Gasteiger charge is -2.20. The number of carboxylic acids is 2. The quantitative estimate of drug-likeness (QED) is 0.148. The van der Waals surface area contributed by atoms with E-state index in [1.54, 1.807) is 36.4 Å². The van der Waals surface area contributed by atoms with Crippen LogP contribution in [0.4, 0.5) is 0 Å². The van der Waals surface area contributed by atoms with Gasteiger partial charge in [-0.2, -0.15) is 9.59 Å². The molecule has 2 N–H and O–H groups in total. The summed E-state index contributed by atoms with van der Waals surface area (Å²) < 4.78 is 74.6. The average molecular weight is 761 g/mol. The van der Waals surface area contributed by atoms with E-state index >= 15 is 0 Å². The molecule has 268 valence electrons. The molecule has 0 unspecified atom stereocenters. The van der Waals surface area contributed by atoms with Gasteiger partial charge >= 0.3 is 11.9 Å². The van der Waals surface area contributed by atoms with Crippen LogP contribution in [0.5, 0.6) is 0 Å². The van der Waals surface area contributed by atoms with Gasteiger partial charge in [-0.05, 0) is 83.6 Å². The summed E-state index contributed by atoms with van der Waals surface area (Å²) in [6.07, 6.45) is 2.35. The van der Waals surface area contributed by atoms with E-state index in [0.717, 1.165) is 21.7 Å². The van der Waals surface area contributed by atoms with Gasteiger partial charge in [0.2, 0.25) is 0 Å². The van der Waals surface area contributed by atoms with Crippen molar-refractivity contribution < 1.29 is 46.4 Å². The van der Waals surface area contributed by atoms with Gasteiger partial charge in [-0.25, -0.2) is 9.59 Å². The minimum absolute atomic E-state index is 0.0803. The molecule has 0 saturated carbocycles. The highest BCUT2D eigenvalue weighted by molar-refractivity contribution is 7.92. The molecule has 0 radical (unpaired) electrons. The number of benzene rings is 6. The van der Waals surface area contributed by atoms with Crippen molar-refractivity contribution in [1.29, 1.82) is 0 Å². The van der Waals surface area contributed by atoms with Crippen LogP contribution in [0, 0.1) is 0 Å². The topological polar surface area (TPSA) is 262 Å². The molecule has 2 heterocycles. The Labute approximate surface area is 304 Å². The van der Waals surface area contributed by atoms with Gasteiger partial charge in [0.1, 0.15) is 22.1 Å². The van der Waals surface area contributed by atoms with Gasteiger partial charge in [0, 0.05) is 55.0 Å². The first kappa shape index (κ1) is 34.5. The third-order valence-electron chi connectivity index (χ3n) is 8.67. The van der Waals surface area contributed by atoms with Gasteiger partial charge < -0.3 is 28.4 Å². The maximum Gasteiger partial charge on any atom is 0.335 e. The van der Waals surface area contributed by atoms with Crippen LogP contribution in [0.3, 0.4) is 0 Å². The van der Waals surface area contributed by atoms with E-state index in [9.17, 15) is 46.4 Å². The van der Waals surface area contributed by atoms with E-state index in [1.807, 2.05) is 0 Å². The molecule has 0 aliphatic heterocycles. The fourth-order valence-corrected chi connectivity index (χ4v) is 7.47. The van der Waals surface area contributed by atoms with Crippen molar-refractivity contribution in [2.45, 2.75) is 9.79 Å². The molecule has 18 heteroatoms. The highest BCUT2D eigenvalue weighted by atomic mass is 32.3. The van der Waals surface area contributed by atoms with Crippen LogP contribution in [0.15, 0.2) is 107 Å². The maximum absolute atomic E-state index is 12.4. The Morgan fingerprint density at radius 3 is 1.31 bits per heavy atom. The monoisotopic (exact) mass is 760 g/mol. The van der Waals surface area contributed by atoms with Gasteiger partial charge in [-0.3, -0.25) is 0 Å². The smallest absolute Gasteiger partial charge is 0.335 e. The Kier molecular flexibility index (Phi) is 8.03. The lowest BCUT2D eigenvalue weighted by Crippen LogP contribution is -2.12. The number of carboxylic acid groups (broad SMARTS) is 2. The normalized spacial score (nSPS) is 12.4. The minimum atomic E-state index is -5.12. The van der Waals surface area contributed by atoms with Crippen LogP contribution >= 0.6 is 0 Å². The number of aromatic carboxylic acids is 2. The van der Waals surface area contributed by atoms with Crippen molar-refractivity contribution in [2.75, 3.05) is 0 Å². The van der Waals surface area contributed by atoms with Gasteiger partial charge in [0.25, 0.3) is 0 Å². The first-order valence-electron chi connectivity index (χ1n) is 15.6. The maximum atomic E-state index is 12.4. The molecule has 6 aromatic carbocycles. The van der Waals surface area contributed by atoms with Crippen LogP contribution in [0.25, 0.3) is 67.1 Å². The molecule has 0 aliphatic carbocycles. The molecule has 54 heavy (non-hydrogen) atoms. The SMILES string of the molecule is O=C(O)c1ccc2c(ccc3nn(-c4ccc(/C=C/c5ccc(-n6nc7ccc8cc(C(=O)O)ccc8c7n6)cc5[S+](=O)([O-])[O-])c([S+](=O)([O-])[O-])c4)nc32)c1. The standard InChI is InChI=1S/C36H20N6O10S2/c43-35(44)23-5-11-27-21(15-23)7-13-29-33(27)39-41(37-29)25-9-3-19(31(17-25)53(47,48)49)1-2-20-4-10-26(18-32(20)54(50,51)52)42-38-30-14-8-22-16-24(36(45)46)6-12-28(22)34(30)40-42/h1-18H,(H2-4,43,44,45,46,47,48,49,50,51,52)/q-2/b2-1+. The Hall–Kier alpha value is -6.54. The van der Waals surface area contributed by atoms with E-state index < -0.39 is 42.7 Å². The molecule has 0 bridgehead atoms. The zero-order valence-electron chi connectivity index (χ0n) is 27.1. The number of nitrogens with zero attached hydrogens (tertiary/aromatic N) is 6. The molecule has 0 aliphatic rings. The summed E-state index contributed by atoms with van der Waals surface area (Å²) in [5.74, 6) is -2.20. The number of hydrogen-bond acceptors (Lipinski definition) is 12. The highest BCUT2D eigenvalue weighted by Gasteiger charge is 2.20. The van der Waals surface area contributed by atoms with Gasteiger partial charge in [0.15, 0.2) is 9.79 Å². The summed E-state index contributed by atoms with van der Waals surface area (Å²) in [4.78, 5) is 23.7. The van der Waals surface area contributed by atoms with Crippen molar-refractivity contribution in [3.63, 3.8) is 0 Å². The summed E-state index contributed by atoms with van der Waals surface area (Å²) in [6.45, 7) is 0. The summed E-state index contributed by atoms with van der Waals surface area (Å²) in [7, 11) is -10.2. The van der Waals surface area contributed by atoms with Crippen molar-refractivity contribution in [1.82, 2.24) is 30.0 Å². The van der Waals surface area contributed by atoms with Gasteiger partial charge in [-0.1, -0.05) is 24.3 Å². The summed E-state index contributed by atoms with van der Waals surface area (Å²) in [5.41, 5.74) is 1.76. The predicted molar refractivity (Wildman–Crippen MR) is 191 cm³/mol. The first-order chi connectivity index (χ1) is 25.6. The summed E-state index contributed by atoms with van der Waals surface area (Å²) >= 11 is 0. The Morgan fingerprint density at radius 1 is 0.537 bits per heavy atom. The van der Waals surface area contributed by atoms with Crippen LogP contribution in [-0.2, 0) is 29.4 Å². The zero-order valence-corrected chi connectivity index (χ0v) is 28.7. The Morgan fingerprint density at radius 2 is 0.944 bits per heavy atom. The number of rotatable bonds is 8. The molecular weight excluding hydrogens is 741 g/mol. The molecule has 16 nitrogen and oxygen atoms in total. The van der Waals surface area contributed by atoms with Crippen molar-refractivity contribution in [2.24, 2.45) is 0 Å². The fraction of sp³-hybridized carbons (Fsp3) is 0. The molecule has 8 rings (SSSR count). The zero-order chi connectivity index (χ0) is 38.1. The lowest BCUT2D eigenvalue weighted by molar-refractivity contribution is 0.0686. The van der Waals surface area contributed by atoms with Gasteiger partial charge in [0.05, 0.1) is 22.5 Å². The van der Waals surface area contributed by atoms with E-state index in [-0.39, 0.29) is 33.6 Å². The van der Waals surface area contributed by atoms with E-state index in [1.165, 1.54) is 60.7 Å². The molecule has 0 fully saturated rings. The molecule has 8 aromatic rings. The summed E-state index contributed by atoms with van der Waals surface area (Å²) in [5, 5.41) is 38.7.